The largest absolute Gasteiger partial charge is 0 e. The number of imidazole rings is 1. The first-order valence-corrected chi connectivity index (χ1v) is 32.3. The van der Waals surface area contributed by atoms with Crippen LogP contribution in [0.4, 0.5) is 0 Å². The Labute approximate surface area is 446 Å². The van der Waals surface area contributed by atoms with Crippen molar-refractivity contribution in [2.45, 2.75) is 56.8 Å². The SMILES string of the molecule is CC(C)c1ccc2c(c1)oc1c(-c3nc4c5ccccc5ccc4n3-c3ccc(-c4ccccc4)cc3-c3ccccc3)[c-]cc(-c3ccccc3)c12.[2H]C(C)(C)c1cc(-c2[c-]cccc2)nc[c]1[Ge]([CH3])([CH3])[CH3].[Ir]. The molecule has 0 spiro atoms. The van der Waals surface area contributed by atoms with Crippen molar-refractivity contribution >= 4 is 61.4 Å². The summed E-state index contributed by atoms with van der Waals surface area (Å²) in [5, 5.41) is 4.41. The molecule has 12 aromatic rings. The van der Waals surface area contributed by atoms with E-state index in [2.05, 4.69) is 229 Å². The molecule has 1 radical (unpaired) electrons. The van der Waals surface area contributed by atoms with Crippen molar-refractivity contribution < 1.29 is 25.9 Å². The van der Waals surface area contributed by atoms with Crippen LogP contribution in [0, 0.1) is 12.1 Å². The standard InChI is InChI=1S/C50H35N2O.C17H22GeN.Ir/c1-32(2)37-22-25-41-46(31-37)53-49-42(27-26-39(47(41)49)34-16-8-4-9-17-34)50-51-48-40-21-13-12-20-36(40)23-29-45(48)52(50)44-28-24-38(33-14-6-3-7-15-33)30-43(44)35-18-10-5-11-19-35;1-13(2)15-11-17(14-9-7-6-8-10-14)19-12-16(15)18(3,4)5;/h3-26,28-32H,1-2H3;6-9,11-13H,1-5H3;/q2*-1;/i;13D;. The van der Waals surface area contributed by atoms with Crippen molar-refractivity contribution in [2.24, 2.45) is 0 Å². The predicted molar refractivity (Wildman–Crippen MR) is 306 cm³/mol. The van der Waals surface area contributed by atoms with Crippen LogP contribution in [0.25, 0.3) is 105 Å². The summed E-state index contributed by atoms with van der Waals surface area (Å²) < 4.78 is 19.1. The molecule has 6 heteroatoms. The van der Waals surface area contributed by atoms with Gasteiger partial charge in [0, 0.05) is 42.1 Å². The number of furan rings is 1. The van der Waals surface area contributed by atoms with E-state index in [0.717, 1.165) is 105 Å². The number of hydrogen-bond acceptors (Lipinski definition) is 3. The zero-order chi connectivity index (χ0) is 50.4. The summed E-state index contributed by atoms with van der Waals surface area (Å²) >= 11 is -2.03. The fraction of sp³-hybridized carbons (Fsp3) is 0.134. The smallest absolute Gasteiger partial charge is 0 e. The molecule has 0 N–H and O–H groups in total. The first-order valence-electron chi connectivity index (χ1n) is 25.4. The van der Waals surface area contributed by atoms with Crippen LogP contribution in [0.15, 0.2) is 211 Å². The Hall–Kier alpha value is -7.15. The molecular weight excluding hydrogens is 1130 g/mol. The van der Waals surface area contributed by atoms with Gasteiger partial charge >= 0.3 is 120 Å². The van der Waals surface area contributed by atoms with E-state index in [1.807, 2.05) is 44.3 Å². The number of benzene rings is 9. The molecule has 0 amide bonds. The number of fused-ring (bicyclic) bond motifs is 6. The van der Waals surface area contributed by atoms with Crippen LogP contribution in [0.3, 0.4) is 0 Å². The summed E-state index contributed by atoms with van der Waals surface area (Å²) in [6.07, 6.45) is 2.00. The van der Waals surface area contributed by atoms with Crippen LogP contribution in [0.5, 0.6) is 0 Å². The summed E-state index contributed by atoms with van der Waals surface area (Å²) in [5.41, 5.74) is 16.5. The van der Waals surface area contributed by atoms with E-state index in [9.17, 15) is 0 Å². The second-order valence-electron chi connectivity index (χ2n) is 20.2. The third-order valence-electron chi connectivity index (χ3n) is 13.8. The quantitative estimate of drug-likeness (QED) is 0.107. The molecule has 0 bridgehead atoms. The molecule has 3 aromatic heterocycles. The fourth-order valence-corrected chi connectivity index (χ4v) is 13.3. The van der Waals surface area contributed by atoms with Gasteiger partial charge in [-0.05, 0) is 63.2 Å². The maximum atomic E-state index is 8.44. The Morgan fingerprint density at radius 3 is 1.96 bits per heavy atom. The third-order valence-corrected chi connectivity index (χ3v) is 18.0. The van der Waals surface area contributed by atoms with Gasteiger partial charge in [-0.25, -0.2) is 0 Å². The van der Waals surface area contributed by atoms with Gasteiger partial charge in [-0.15, -0.1) is 12.1 Å². The van der Waals surface area contributed by atoms with E-state index in [-0.39, 0.29) is 20.1 Å². The van der Waals surface area contributed by atoms with Gasteiger partial charge in [0.05, 0.1) is 22.4 Å². The number of pyridine rings is 1. The molecule has 0 aliphatic rings. The second-order valence-corrected chi connectivity index (χ2v) is 30.8. The zero-order valence-electron chi connectivity index (χ0n) is 43.3. The van der Waals surface area contributed by atoms with Crippen molar-refractivity contribution in [1.82, 2.24) is 14.5 Å². The topological polar surface area (TPSA) is 43.9 Å². The van der Waals surface area contributed by atoms with Crippen molar-refractivity contribution in [3.8, 4) is 61.7 Å². The molecule has 0 saturated carbocycles. The van der Waals surface area contributed by atoms with E-state index in [1.165, 1.54) is 15.5 Å². The van der Waals surface area contributed by atoms with Gasteiger partial charge in [0.1, 0.15) is 5.58 Å². The fourth-order valence-electron chi connectivity index (χ4n) is 9.99. The average molecular weight is 1190 g/mol. The van der Waals surface area contributed by atoms with Gasteiger partial charge in [-0.3, -0.25) is 4.98 Å². The van der Waals surface area contributed by atoms with Crippen LogP contribution in [0.2, 0.25) is 17.3 Å². The van der Waals surface area contributed by atoms with Crippen molar-refractivity contribution in [2.75, 3.05) is 0 Å². The minimum Gasteiger partial charge on any atom is 0 e. The van der Waals surface area contributed by atoms with Gasteiger partial charge in [0.2, 0.25) is 0 Å². The van der Waals surface area contributed by atoms with Gasteiger partial charge in [0.15, 0.2) is 0 Å². The Morgan fingerprint density at radius 2 is 1.29 bits per heavy atom. The van der Waals surface area contributed by atoms with E-state index in [4.69, 9.17) is 10.8 Å². The molecule has 0 unspecified atom stereocenters. The Kier molecular flexibility index (Phi) is 13.7. The Balaban J connectivity index is 0.000000252. The maximum absolute atomic E-state index is 8.44. The molecule has 0 saturated heterocycles. The first-order chi connectivity index (χ1) is 35.3. The third kappa shape index (κ3) is 9.66. The molecule has 0 fully saturated rings. The zero-order valence-corrected chi connectivity index (χ0v) is 46.8. The minimum atomic E-state index is -2.03. The Bertz CT molecular complexity index is 3950. The first kappa shape index (κ1) is 48.1. The summed E-state index contributed by atoms with van der Waals surface area (Å²) in [5.74, 6) is 7.61. The van der Waals surface area contributed by atoms with Crippen molar-refractivity contribution in [1.29, 1.82) is 0 Å². The van der Waals surface area contributed by atoms with Crippen LogP contribution < -0.4 is 4.40 Å². The monoisotopic (exact) mass is 1190 g/mol. The number of rotatable bonds is 9. The van der Waals surface area contributed by atoms with E-state index in [1.54, 1.807) is 0 Å². The summed E-state index contributed by atoms with van der Waals surface area (Å²) in [7, 11) is 0. The predicted octanol–water partition coefficient (Wildman–Crippen LogP) is 17.9. The maximum Gasteiger partial charge on any atom is 0 e. The van der Waals surface area contributed by atoms with Crippen LogP contribution in [-0.4, -0.2) is 27.8 Å². The van der Waals surface area contributed by atoms with Gasteiger partial charge < -0.3 is 8.98 Å². The number of hydrogen-bond donors (Lipinski definition) is 0. The minimum absolute atomic E-state index is 0. The Morgan fingerprint density at radius 1 is 0.616 bits per heavy atom. The second kappa shape index (κ2) is 20.8. The van der Waals surface area contributed by atoms with Crippen LogP contribution >= 0.6 is 0 Å². The van der Waals surface area contributed by atoms with Gasteiger partial charge in [-0.1, -0.05) is 170 Å². The summed E-state index contributed by atoms with van der Waals surface area (Å²) in [6.45, 7) is 8.35. The van der Waals surface area contributed by atoms with Crippen LogP contribution in [0.1, 0.15) is 52.0 Å². The van der Waals surface area contributed by atoms with Crippen LogP contribution in [-0.2, 0) is 20.1 Å². The molecular formula is C67H57GeIrN3O-2. The molecule has 12 rings (SSSR count). The molecule has 361 valence electrons. The van der Waals surface area contributed by atoms with Gasteiger partial charge in [0.25, 0.3) is 0 Å². The normalized spacial score (nSPS) is 12.0. The molecule has 0 atom stereocenters. The molecule has 0 aliphatic carbocycles. The van der Waals surface area contributed by atoms with E-state index >= 15 is 0 Å². The average Bonchev–Trinajstić information content (AvgIpc) is 4.00. The van der Waals surface area contributed by atoms with Gasteiger partial charge in [-0.2, -0.15) is 0 Å². The van der Waals surface area contributed by atoms with Crippen molar-refractivity contribution in [3.63, 3.8) is 0 Å². The summed E-state index contributed by atoms with van der Waals surface area (Å²) in [4.78, 5) is 10.2. The van der Waals surface area contributed by atoms with E-state index in [0.29, 0.717) is 5.92 Å². The number of aromatic nitrogens is 3. The molecule has 9 aromatic carbocycles. The molecule has 4 nitrogen and oxygen atoms in total. The molecule has 0 aliphatic heterocycles. The summed E-state index contributed by atoms with van der Waals surface area (Å²) in [6, 6.07) is 77.1. The number of nitrogens with zero attached hydrogens (tertiary/aromatic N) is 3. The van der Waals surface area contributed by atoms with E-state index < -0.39 is 19.2 Å². The molecule has 3 heterocycles. The molecule has 73 heavy (non-hydrogen) atoms. The van der Waals surface area contributed by atoms with Crippen molar-refractivity contribution in [3.05, 3.63) is 230 Å².